The van der Waals surface area contributed by atoms with Gasteiger partial charge in [0.1, 0.15) is 5.82 Å². The van der Waals surface area contributed by atoms with Gasteiger partial charge in [0, 0.05) is 6.61 Å². The SMILES string of the molecule is CC(CO)C1CCc2cc(F)ccc2C1. The smallest absolute Gasteiger partial charge is 0.123 e. The van der Waals surface area contributed by atoms with Crippen molar-refractivity contribution in [3.63, 3.8) is 0 Å². The first-order chi connectivity index (χ1) is 7.20. The molecule has 0 bridgehead atoms. The van der Waals surface area contributed by atoms with E-state index in [-0.39, 0.29) is 12.4 Å². The number of hydrogen-bond donors (Lipinski definition) is 1. The van der Waals surface area contributed by atoms with Gasteiger partial charge >= 0.3 is 0 Å². The summed E-state index contributed by atoms with van der Waals surface area (Å²) in [6.07, 6.45) is 3.00. The van der Waals surface area contributed by atoms with E-state index in [1.54, 1.807) is 6.07 Å². The summed E-state index contributed by atoms with van der Waals surface area (Å²) >= 11 is 0. The van der Waals surface area contributed by atoms with Crippen molar-refractivity contribution in [2.24, 2.45) is 11.8 Å². The molecule has 1 aromatic rings. The van der Waals surface area contributed by atoms with Crippen LogP contribution in [0.1, 0.15) is 24.5 Å². The van der Waals surface area contributed by atoms with Crippen molar-refractivity contribution >= 4 is 0 Å². The van der Waals surface area contributed by atoms with Gasteiger partial charge in [0.25, 0.3) is 0 Å². The van der Waals surface area contributed by atoms with Crippen molar-refractivity contribution < 1.29 is 9.50 Å². The van der Waals surface area contributed by atoms with E-state index in [1.807, 2.05) is 6.07 Å². The van der Waals surface area contributed by atoms with Crippen molar-refractivity contribution in [3.05, 3.63) is 35.1 Å². The first-order valence-corrected chi connectivity index (χ1v) is 5.59. The molecule has 2 rings (SSSR count). The standard InChI is InChI=1S/C13H17FO/c1-9(8-15)10-2-3-12-7-13(14)5-4-11(12)6-10/h4-5,7,9-10,15H,2-3,6,8H2,1H3. The molecule has 0 spiro atoms. The zero-order valence-electron chi connectivity index (χ0n) is 9.04. The number of fused-ring (bicyclic) bond motifs is 1. The number of benzene rings is 1. The van der Waals surface area contributed by atoms with Crippen LogP contribution in [0.3, 0.4) is 0 Å². The molecule has 0 amide bonds. The minimum Gasteiger partial charge on any atom is -0.396 e. The fraction of sp³-hybridized carbons (Fsp3) is 0.538. The number of aliphatic hydroxyl groups is 1. The molecule has 0 heterocycles. The lowest BCUT2D eigenvalue weighted by atomic mass is 9.78. The summed E-state index contributed by atoms with van der Waals surface area (Å²) in [5.41, 5.74) is 2.41. The second-order valence-electron chi connectivity index (χ2n) is 4.58. The van der Waals surface area contributed by atoms with Gasteiger partial charge in [-0.05, 0) is 54.4 Å². The summed E-state index contributed by atoms with van der Waals surface area (Å²) < 4.78 is 13.0. The molecule has 0 aliphatic heterocycles. The summed E-state index contributed by atoms with van der Waals surface area (Å²) in [5, 5.41) is 9.12. The Labute approximate surface area is 89.9 Å². The Morgan fingerprint density at radius 2 is 2.27 bits per heavy atom. The normalized spacial score (nSPS) is 22.2. The molecule has 82 valence electrons. The van der Waals surface area contributed by atoms with E-state index in [9.17, 15) is 4.39 Å². The minimum atomic E-state index is -0.137. The van der Waals surface area contributed by atoms with Crippen LogP contribution in [-0.4, -0.2) is 11.7 Å². The van der Waals surface area contributed by atoms with Crippen LogP contribution in [0.5, 0.6) is 0 Å². The molecule has 1 aromatic carbocycles. The van der Waals surface area contributed by atoms with Crippen LogP contribution in [-0.2, 0) is 12.8 Å². The zero-order chi connectivity index (χ0) is 10.8. The Kier molecular flexibility index (Phi) is 3.06. The fourth-order valence-electron chi connectivity index (χ4n) is 2.39. The van der Waals surface area contributed by atoms with E-state index in [4.69, 9.17) is 5.11 Å². The second-order valence-corrected chi connectivity index (χ2v) is 4.58. The molecule has 2 atom stereocenters. The molecular formula is C13H17FO. The van der Waals surface area contributed by atoms with Crippen molar-refractivity contribution in [3.8, 4) is 0 Å². The Morgan fingerprint density at radius 3 is 3.00 bits per heavy atom. The number of halogens is 1. The maximum atomic E-state index is 13.0. The first-order valence-electron chi connectivity index (χ1n) is 5.59. The van der Waals surface area contributed by atoms with Crippen LogP contribution >= 0.6 is 0 Å². The average Bonchev–Trinajstić information content (AvgIpc) is 2.27. The van der Waals surface area contributed by atoms with Crippen LogP contribution in [0.15, 0.2) is 18.2 Å². The van der Waals surface area contributed by atoms with Crippen LogP contribution in [0.2, 0.25) is 0 Å². The molecule has 2 unspecified atom stereocenters. The van der Waals surface area contributed by atoms with Crippen molar-refractivity contribution in [1.82, 2.24) is 0 Å². The number of rotatable bonds is 2. The molecule has 0 aromatic heterocycles. The molecule has 1 aliphatic carbocycles. The third kappa shape index (κ3) is 2.20. The highest BCUT2D eigenvalue weighted by molar-refractivity contribution is 5.30. The van der Waals surface area contributed by atoms with E-state index in [0.717, 1.165) is 24.8 Å². The highest BCUT2D eigenvalue weighted by Gasteiger charge is 2.23. The maximum Gasteiger partial charge on any atom is 0.123 e. The molecule has 15 heavy (non-hydrogen) atoms. The number of aryl methyl sites for hydroxylation is 1. The van der Waals surface area contributed by atoms with Gasteiger partial charge in [-0.2, -0.15) is 0 Å². The van der Waals surface area contributed by atoms with Crippen molar-refractivity contribution in [2.45, 2.75) is 26.2 Å². The van der Waals surface area contributed by atoms with Crippen molar-refractivity contribution in [1.29, 1.82) is 0 Å². The van der Waals surface area contributed by atoms with Gasteiger partial charge in [0.05, 0.1) is 0 Å². The van der Waals surface area contributed by atoms with E-state index in [2.05, 4.69) is 6.92 Å². The van der Waals surface area contributed by atoms with Gasteiger partial charge in [0.2, 0.25) is 0 Å². The molecule has 1 nitrogen and oxygen atoms in total. The van der Waals surface area contributed by atoms with Crippen LogP contribution in [0.4, 0.5) is 4.39 Å². The lowest BCUT2D eigenvalue weighted by Crippen LogP contribution is -2.23. The van der Waals surface area contributed by atoms with Gasteiger partial charge in [-0.3, -0.25) is 0 Å². The minimum absolute atomic E-state index is 0.137. The second kappa shape index (κ2) is 4.31. The lowest BCUT2D eigenvalue weighted by Gasteiger charge is -2.28. The summed E-state index contributed by atoms with van der Waals surface area (Å²) in [4.78, 5) is 0. The Balaban J connectivity index is 2.16. The maximum absolute atomic E-state index is 13.0. The Hall–Kier alpha value is -0.890. The zero-order valence-corrected chi connectivity index (χ0v) is 9.04. The summed E-state index contributed by atoms with van der Waals surface area (Å²) in [5.74, 6) is 0.763. The summed E-state index contributed by atoms with van der Waals surface area (Å²) in [6.45, 7) is 2.33. The van der Waals surface area contributed by atoms with Crippen LogP contribution < -0.4 is 0 Å². The molecule has 0 saturated carbocycles. The molecule has 2 heteroatoms. The molecule has 0 radical (unpaired) electrons. The van der Waals surface area contributed by atoms with Gasteiger partial charge in [-0.15, -0.1) is 0 Å². The monoisotopic (exact) mass is 208 g/mol. The quantitative estimate of drug-likeness (QED) is 0.792. The van der Waals surface area contributed by atoms with E-state index in [1.165, 1.54) is 11.6 Å². The van der Waals surface area contributed by atoms with Crippen LogP contribution in [0.25, 0.3) is 0 Å². The summed E-state index contributed by atoms with van der Waals surface area (Å²) in [6, 6.07) is 5.07. The fourth-order valence-corrected chi connectivity index (χ4v) is 2.39. The first kappa shape index (κ1) is 10.6. The van der Waals surface area contributed by atoms with Crippen molar-refractivity contribution in [2.75, 3.05) is 6.61 Å². The van der Waals surface area contributed by atoms with E-state index >= 15 is 0 Å². The van der Waals surface area contributed by atoms with Gasteiger partial charge in [-0.1, -0.05) is 13.0 Å². The number of hydrogen-bond acceptors (Lipinski definition) is 1. The predicted octanol–water partition coefficient (Wildman–Crippen LogP) is 2.56. The highest BCUT2D eigenvalue weighted by Crippen LogP contribution is 2.30. The van der Waals surface area contributed by atoms with Gasteiger partial charge in [-0.25, -0.2) is 4.39 Å². The Morgan fingerprint density at radius 1 is 1.47 bits per heavy atom. The van der Waals surface area contributed by atoms with E-state index < -0.39 is 0 Å². The molecular weight excluding hydrogens is 191 g/mol. The average molecular weight is 208 g/mol. The molecule has 1 aliphatic rings. The molecule has 0 saturated heterocycles. The largest absolute Gasteiger partial charge is 0.396 e. The van der Waals surface area contributed by atoms with Gasteiger partial charge in [0.15, 0.2) is 0 Å². The summed E-state index contributed by atoms with van der Waals surface area (Å²) in [7, 11) is 0. The predicted molar refractivity (Wildman–Crippen MR) is 58.2 cm³/mol. The molecule has 1 N–H and O–H groups in total. The lowest BCUT2D eigenvalue weighted by molar-refractivity contribution is 0.178. The Bertz CT molecular complexity index is 348. The molecule has 0 fully saturated rings. The topological polar surface area (TPSA) is 20.2 Å². The third-order valence-electron chi connectivity index (χ3n) is 3.53. The number of aliphatic hydroxyl groups excluding tert-OH is 1. The van der Waals surface area contributed by atoms with Crippen LogP contribution in [0, 0.1) is 17.7 Å². The third-order valence-corrected chi connectivity index (χ3v) is 3.53. The van der Waals surface area contributed by atoms with Gasteiger partial charge < -0.3 is 5.11 Å². The van der Waals surface area contributed by atoms with E-state index in [0.29, 0.717) is 11.8 Å². The highest BCUT2D eigenvalue weighted by atomic mass is 19.1.